The quantitative estimate of drug-likeness (QED) is 0.565. The molecule has 0 aliphatic heterocycles. The molecule has 0 unspecified atom stereocenters. The van der Waals surface area contributed by atoms with Crippen LogP contribution in [-0.4, -0.2) is 17.6 Å². The van der Waals surface area contributed by atoms with Gasteiger partial charge in [-0.25, -0.2) is 9.37 Å². The van der Waals surface area contributed by atoms with E-state index in [2.05, 4.69) is 16.8 Å². The summed E-state index contributed by atoms with van der Waals surface area (Å²) in [5.74, 6) is 4.58. The predicted molar refractivity (Wildman–Crippen MR) is 57.1 cm³/mol. The van der Waals surface area contributed by atoms with E-state index in [0.717, 1.165) is 6.20 Å². The van der Waals surface area contributed by atoms with Crippen LogP contribution in [0.1, 0.15) is 24.6 Å². The lowest BCUT2D eigenvalue weighted by Gasteiger charge is -1.96. The molecule has 1 rings (SSSR count). The first-order valence-corrected chi connectivity index (χ1v) is 4.90. The highest BCUT2D eigenvalue weighted by molar-refractivity contribution is 5.72. The van der Waals surface area contributed by atoms with Crippen LogP contribution in [0.5, 0.6) is 0 Å². The van der Waals surface area contributed by atoms with Crippen LogP contribution in [0.15, 0.2) is 12.3 Å². The van der Waals surface area contributed by atoms with Gasteiger partial charge in [0.05, 0.1) is 12.8 Å². The molecule has 0 aliphatic carbocycles. The number of halogens is 1. The Labute approximate surface area is 93.6 Å². The third-order valence-electron chi connectivity index (χ3n) is 1.79. The standard InChI is InChI=1S/C12H12FNO2/c1-3-16-12(15)6-4-5-11-9(2)7-10(13)8-14-11/h7-8H,3,6H2,1-2H3. The summed E-state index contributed by atoms with van der Waals surface area (Å²) in [6.45, 7) is 3.79. The molecule has 0 atom stereocenters. The molecule has 3 nitrogen and oxygen atoms in total. The molecule has 1 heterocycles. The zero-order valence-electron chi connectivity index (χ0n) is 9.21. The normalized spacial score (nSPS) is 9.19. The second-order valence-corrected chi connectivity index (χ2v) is 3.10. The molecule has 0 bridgehead atoms. The number of carbonyl (C=O) groups is 1. The average Bonchev–Trinajstić information content (AvgIpc) is 2.22. The molecule has 0 saturated carbocycles. The van der Waals surface area contributed by atoms with Crippen molar-refractivity contribution in [3.8, 4) is 11.8 Å². The molecule has 0 spiro atoms. The molecule has 0 saturated heterocycles. The van der Waals surface area contributed by atoms with Crippen LogP contribution in [0.4, 0.5) is 4.39 Å². The fraction of sp³-hybridized carbons (Fsp3) is 0.333. The fourth-order valence-electron chi connectivity index (χ4n) is 1.08. The minimum Gasteiger partial charge on any atom is -0.465 e. The van der Waals surface area contributed by atoms with Gasteiger partial charge in [-0.2, -0.15) is 0 Å². The number of aryl methyl sites for hydroxylation is 1. The van der Waals surface area contributed by atoms with Gasteiger partial charge in [0, 0.05) is 0 Å². The maximum atomic E-state index is 12.7. The Hall–Kier alpha value is -1.89. The summed E-state index contributed by atoms with van der Waals surface area (Å²) in [5.41, 5.74) is 1.13. The molecule has 0 amide bonds. The van der Waals surface area contributed by atoms with Gasteiger partial charge in [0.15, 0.2) is 0 Å². The number of carbonyl (C=O) groups excluding carboxylic acids is 1. The molecule has 4 heteroatoms. The van der Waals surface area contributed by atoms with Gasteiger partial charge in [0.25, 0.3) is 0 Å². The van der Waals surface area contributed by atoms with E-state index in [9.17, 15) is 9.18 Å². The van der Waals surface area contributed by atoms with Crippen LogP contribution >= 0.6 is 0 Å². The molecule has 0 fully saturated rings. The molecule has 0 radical (unpaired) electrons. The average molecular weight is 221 g/mol. The molecule has 0 aromatic carbocycles. The van der Waals surface area contributed by atoms with Gasteiger partial charge in [0.1, 0.15) is 17.9 Å². The Balaban J connectivity index is 2.66. The van der Waals surface area contributed by atoms with Gasteiger partial charge in [-0.15, -0.1) is 0 Å². The monoisotopic (exact) mass is 221 g/mol. The highest BCUT2D eigenvalue weighted by Gasteiger charge is 1.99. The fourth-order valence-corrected chi connectivity index (χ4v) is 1.08. The van der Waals surface area contributed by atoms with E-state index in [-0.39, 0.29) is 12.4 Å². The van der Waals surface area contributed by atoms with E-state index in [1.54, 1.807) is 13.8 Å². The first-order valence-electron chi connectivity index (χ1n) is 4.90. The second-order valence-electron chi connectivity index (χ2n) is 3.10. The van der Waals surface area contributed by atoms with Crippen molar-refractivity contribution in [1.29, 1.82) is 0 Å². The third kappa shape index (κ3) is 3.70. The maximum Gasteiger partial charge on any atom is 0.317 e. The topological polar surface area (TPSA) is 39.2 Å². The molecular weight excluding hydrogens is 209 g/mol. The summed E-state index contributed by atoms with van der Waals surface area (Å²) >= 11 is 0. The Bertz CT molecular complexity index is 446. The SMILES string of the molecule is CCOC(=O)CC#Cc1ncc(F)cc1C. The molecule has 0 aliphatic rings. The van der Waals surface area contributed by atoms with E-state index in [4.69, 9.17) is 4.74 Å². The number of aromatic nitrogens is 1. The number of hydrogen-bond donors (Lipinski definition) is 0. The van der Waals surface area contributed by atoms with Gasteiger partial charge >= 0.3 is 5.97 Å². The molecule has 16 heavy (non-hydrogen) atoms. The van der Waals surface area contributed by atoms with Crippen molar-refractivity contribution < 1.29 is 13.9 Å². The van der Waals surface area contributed by atoms with Gasteiger partial charge in [0.2, 0.25) is 0 Å². The van der Waals surface area contributed by atoms with Gasteiger partial charge in [-0.05, 0) is 31.4 Å². The summed E-state index contributed by atoms with van der Waals surface area (Å²) in [5, 5.41) is 0. The molecule has 84 valence electrons. The zero-order chi connectivity index (χ0) is 12.0. The number of ether oxygens (including phenoxy) is 1. The summed E-state index contributed by atoms with van der Waals surface area (Å²) < 4.78 is 17.4. The van der Waals surface area contributed by atoms with E-state index in [0.29, 0.717) is 17.9 Å². The van der Waals surface area contributed by atoms with Crippen LogP contribution in [0.3, 0.4) is 0 Å². The van der Waals surface area contributed by atoms with E-state index in [1.165, 1.54) is 6.07 Å². The third-order valence-corrected chi connectivity index (χ3v) is 1.79. The minimum atomic E-state index is -0.395. The highest BCUT2D eigenvalue weighted by Crippen LogP contribution is 2.04. The molecule has 1 aromatic heterocycles. The highest BCUT2D eigenvalue weighted by atomic mass is 19.1. The van der Waals surface area contributed by atoms with Crippen LogP contribution in [0, 0.1) is 24.6 Å². The van der Waals surface area contributed by atoms with Crippen molar-refractivity contribution in [2.24, 2.45) is 0 Å². The van der Waals surface area contributed by atoms with E-state index < -0.39 is 5.82 Å². The summed E-state index contributed by atoms with van der Waals surface area (Å²) in [6.07, 6.45) is 1.12. The zero-order valence-corrected chi connectivity index (χ0v) is 9.21. The van der Waals surface area contributed by atoms with Crippen molar-refractivity contribution in [3.05, 3.63) is 29.3 Å². The number of esters is 1. The van der Waals surface area contributed by atoms with E-state index in [1.807, 2.05) is 0 Å². The van der Waals surface area contributed by atoms with Crippen LogP contribution < -0.4 is 0 Å². The minimum absolute atomic E-state index is 0.0202. The molecule has 0 N–H and O–H groups in total. The summed E-state index contributed by atoms with van der Waals surface area (Å²) in [4.78, 5) is 14.8. The number of nitrogens with zero attached hydrogens (tertiary/aromatic N) is 1. The smallest absolute Gasteiger partial charge is 0.317 e. The van der Waals surface area contributed by atoms with Crippen molar-refractivity contribution in [2.45, 2.75) is 20.3 Å². The van der Waals surface area contributed by atoms with Gasteiger partial charge in [-0.3, -0.25) is 4.79 Å². The number of pyridine rings is 1. The Morgan fingerprint density at radius 1 is 1.62 bits per heavy atom. The van der Waals surface area contributed by atoms with Crippen LogP contribution in [0.25, 0.3) is 0 Å². The lowest BCUT2D eigenvalue weighted by atomic mass is 10.2. The summed E-state index contributed by atoms with van der Waals surface area (Å²) in [7, 11) is 0. The molecule has 1 aromatic rings. The second kappa shape index (κ2) is 5.86. The van der Waals surface area contributed by atoms with Gasteiger partial charge in [-0.1, -0.05) is 5.92 Å². The van der Waals surface area contributed by atoms with Crippen LogP contribution in [-0.2, 0) is 9.53 Å². The maximum absolute atomic E-state index is 12.7. The van der Waals surface area contributed by atoms with Crippen molar-refractivity contribution in [1.82, 2.24) is 4.98 Å². The van der Waals surface area contributed by atoms with Crippen LogP contribution in [0.2, 0.25) is 0 Å². The predicted octanol–water partition coefficient (Wildman–Crippen LogP) is 1.83. The van der Waals surface area contributed by atoms with Crippen molar-refractivity contribution in [3.63, 3.8) is 0 Å². The number of hydrogen-bond acceptors (Lipinski definition) is 3. The Kier molecular flexibility index (Phi) is 4.46. The largest absolute Gasteiger partial charge is 0.465 e. The van der Waals surface area contributed by atoms with Gasteiger partial charge < -0.3 is 4.74 Å². The van der Waals surface area contributed by atoms with E-state index >= 15 is 0 Å². The van der Waals surface area contributed by atoms with Crippen molar-refractivity contribution in [2.75, 3.05) is 6.61 Å². The lowest BCUT2D eigenvalue weighted by Crippen LogP contribution is -2.01. The Morgan fingerprint density at radius 2 is 2.38 bits per heavy atom. The first-order chi connectivity index (χ1) is 7.63. The lowest BCUT2D eigenvalue weighted by molar-refractivity contribution is -0.141. The van der Waals surface area contributed by atoms with Crippen molar-refractivity contribution >= 4 is 5.97 Å². The summed E-state index contributed by atoms with van der Waals surface area (Å²) in [6, 6.07) is 1.35. The number of rotatable bonds is 2. The first kappa shape index (κ1) is 12.2. The molecular formula is C12H12FNO2. The Morgan fingerprint density at radius 3 is 3.00 bits per heavy atom.